The molecule has 1 N–H and O–H groups in total. The largest absolute Gasteiger partial charge is 0.457 e. The molecule has 33 heavy (non-hydrogen) atoms. The summed E-state index contributed by atoms with van der Waals surface area (Å²) in [4.78, 5) is 22.0. The van der Waals surface area contributed by atoms with E-state index in [2.05, 4.69) is 17.0 Å². The number of nitrogens with zero attached hydrogens (tertiary/aromatic N) is 3. The van der Waals surface area contributed by atoms with E-state index in [0.717, 1.165) is 49.1 Å². The molecule has 2 aromatic carbocycles. The van der Waals surface area contributed by atoms with Crippen molar-refractivity contribution in [3.8, 4) is 0 Å². The zero-order valence-corrected chi connectivity index (χ0v) is 19.1. The number of likely N-dealkylation sites (N-methyl/N-ethyl adjacent to an activating group) is 1. The highest BCUT2D eigenvalue weighted by Gasteiger charge is 2.44. The van der Waals surface area contributed by atoms with Gasteiger partial charge in [0.15, 0.2) is 0 Å². The maximum absolute atomic E-state index is 13.3. The van der Waals surface area contributed by atoms with Crippen LogP contribution in [-0.4, -0.2) is 58.3 Å². The Kier molecular flexibility index (Phi) is 7.16. The molecule has 6 heteroatoms. The number of carbonyl (C=O) groups excluding carboxylic acids is 1. The molecule has 6 nitrogen and oxygen atoms in total. The number of hydrogen-bond acceptors (Lipinski definition) is 5. The van der Waals surface area contributed by atoms with E-state index < -0.39 is 11.6 Å². The lowest BCUT2D eigenvalue weighted by Gasteiger charge is -2.36. The molecule has 1 aromatic heterocycles. The first-order chi connectivity index (χ1) is 16.0. The van der Waals surface area contributed by atoms with E-state index in [9.17, 15) is 9.90 Å². The molecule has 0 spiro atoms. The summed E-state index contributed by atoms with van der Waals surface area (Å²) in [5.41, 5.74) is -0.824. The Hall–Kier alpha value is -3.09. The van der Waals surface area contributed by atoms with E-state index in [1.807, 2.05) is 42.5 Å². The van der Waals surface area contributed by atoms with Crippen LogP contribution >= 0.6 is 0 Å². The van der Waals surface area contributed by atoms with E-state index in [1.165, 1.54) is 0 Å². The van der Waals surface area contributed by atoms with Crippen LogP contribution in [0.3, 0.4) is 0 Å². The summed E-state index contributed by atoms with van der Waals surface area (Å²) >= 11 is 0. The first kappa shape index (κ1) is 23.1. The number of benzene rings is 2. The van der Waals surface area contributed by atoms with Gasteiger partial charge in [-0.3, -0.25) is 0 Å². The quantitative estimate of drug-likeness (QED) is 0.402. The Bertz CT molecular complexity index is 991. The van der Waals surface area contributed by atoms with Gasteiger partial charge in [0.25, 0.3) is 0 Å². The number of ether oxygens (including phenoxy) is 1. The smallest absolute Gasteiger partial charge is 0.347 e. The maximum atomic E-state index is 13.3. The molecule has 1 aliphatic rings. The molecule has 0 radical (unpaired) electrons. The molecule has 0 amide bonds. The van der Waals surface area contributed by atoms with E-state index in [0.29, 0.717) is 17.7 Å². The molecule has 1 saturated heterocycles. The summed E-state index contributed by atoms with van der Waals surface area (Å²) in [5.74, 6) is 0.234. The Morgan fingerprint density at radius 2 is 1.64 bits per heavy atom. The monoisotopic (exact) mass is 446 g/mol. The van der Waals surface area contributed by atoms with Gasteiger partial charge < -0.3 is 14.3 Å². The molecule has 0 aliphatic carbocycles. The zero-order chi connectivity index (χ0) is 23.2. The molecular weight excluding hydrogens is 414 g/mol. The number of aryl methyl sites for hydroxylation is 1. The summed E-state index contributed by atoms with van der Waals surface area (Å²) in [6.07, 6.45) is 7.46. The molecule has 172 valence electrons. The van der Waals surface area contributed by atoms with Crippen LogP contribution in [0, 0.1) is 0 Å². The lowest BCUT2D eigenvalue weighted by atomic mass is 9.86. The van der Waals surface area contributed by atoms with Gasteiger partial charge in [-0.05, 0) is 17.2 Å². The van der Waals surface area contributed by atoms with Crippen molar-refractivity contribution in [1.82, 2.24) is 9.97 Å². The standard InChI is InChI=1S/C27H32N3O3/c1-30(20-9-16-25-28-17-10-18-29-25)19-8-15-24(30)21-33-26(31)27(32,22-11-4-2-5-12-22)23-13-6-3-7-14-23/h2-7,10-14,17-18,24,32H,8-9,15-16,19-21H2,1H3/q+1. The van der Waals surface area contributed by atoms with Crippen LogP contribution in [0.1, 0.15) is 36.2 Å². The molecule has 2 unspecified atom stereocenters. The highest BCUT2D eigenvalue weighted by atomic mass is 16.6. The number of hydrogen-bond donors (Lipinski definition) is 1. The van der Waals surface area contributed by atoms with Crippen molar-refractivity contribution in [3.05, 3.63) is 96.1 Å². The van der Waals surface area contributed by atoms with Crippen LogP contribution < -0.4 is 0 Å². The molecule has 2 atom stereocenters. The van der Waals surface area contributed by atoms with Crippen LogP contribution in [0.25, 0.3) is 0 Å². The van der Waals surface area contributed by atoms with E-state index in [4.69, 9.17) is 4.74 Å². The summed E-state index contributed by atoms with van der Waals surface area (Å²) < 4.78 is 6.69. The lowest BCUT2D eigenvalue weighted by molar-refractivity contribution is -0.921. The molecular formula is C27H32N3O3+. The van der Waals surface area contributed by atoms with Gasteiger partial charge in [-0.2, -0.15) is 0 Å². The SMILES string of the molecule is C[N+]1(CCCc2ncccn2)CCCC1COC(=O)C(O)(c1ccccc1)c1ccccc1. The minimum absolute atomic E-state index is 0.210. The summed E-state index contributed by atoms with van der Waals surface area (Å²) in [6, 6.07) is 20.1. The molecule has 0 bridgehead atoms. The van der Waals surface area contributed by atoms with E-state index >= 15 is 0 Å². The van der Waals surface area contributed by atoms with Crippen LogP contribution in [0.2, 0.25) is 0 Å². The van der Waals surface area contributed by atoms with Crippen LogP contribution in [0.15, 0.2) is 79.1 Å². The highest BCUT2D eigenvalue weighted by molar-refractivity contribution is 5.85. The first-order valence-corrected chi connectivity index (χ1v) is 11.6. The topological polar surface area (TPSA) is 72.3 Å². The molecule has 4 rings (SSSR count). The van der Waals surface area contributed by atoms with Crippen LogP contribution in [0.4, 0.5) is 0 Å². The number of esters is 1. The fraction of sp³-hybridized carbons (Fsp3) is 0.370. The number of aliphatic hydroxyl groups is 1. The average Bonchev–Trinajstić information content (AvgIpc) is 3.23. The Morgan fingerprint density at radius 3 is 2.24 bits per heavy atom. The summed E-state index contributed by atoms with van der Waals surface area (Å²) in [6.45, 7) is 2.32. The molecule has 2 heterocycles. The minimum Gasteiger partial charge on any atom is -0.457 e. The van der Waals surface area contributed by atoms with Crippen molar-refractivity contribution in [2.24, 2.45) is 0 Å². The van der Waals surface area contributed by atoms with Gasteiger partial charge in [0, 0.05) is 38.1 Å². The Balaban J connectivity index is 1.43. The van der Waals surface area contributed by atoms with Crippen molar-refractivity contribution >= 4 is 5.97 Å². The van der Waals surface area contributed by atoms with Gasteiger partial charge in [0.05, 0.1) is 20.1 Å². The second-order valence-corrected chi connectivity index (χ2v) is 9.03. The highest BCUT2D eigenvalue weighted by Crippen LogP contribution is 2.32. The predicted molar refractivity (Wildman–Crippen MR) is 126 cm³/mol. The third-order valence-electron chi connectivity index (χ3n) is 6.86. The van der Waals surface area contributed by atoms with Gasteiger partial charge in [0.2, 0.25) is 5.60 Å². The van der Waals surface area contributed by atoms with Gasteiger partial charge in [-0.25, -0.2) is 14.8 Å². The number of rotatable bonds is 9. The van der Waals surface area contributed by atoms with Crippen LogP contribution in [0.5, 0.6) is 0 Å². The fourth-order valence-electron chi connectivity index (χ4n) is 4.83. The van der Waals surface area contributed by atoms with E-state index in [1.54, 1.807) is 36.7 Å². The number of quaternary nitrogens is 1. The second-order valence-electron chi connectivity index (χ2n) is 9.03. The van der Waals surface area contributed by atoms with Crippen molar-refractivity contribution < 1.29 is 19.1 Å². The maximum Gasteiger partial charge on any atom is 0.347 e. The molecule has 3 aromatic rings. The second kappa shape index (κ2) is 10.2. The zero-order valence-electron chi connectivity index (χ0n) is 19.1. The van der Waals surface area contributed by atoms with Crippen molar-refractivity contribution in [3.63, 3.8) is 0 Å². The fourth-order valence-corrected chi connectivity index (χ4v) is 4.83. The van der Waals surface area contributed by atoms with Crippen LogP contribution in [-0.2, 0) is 21.6 Å². The average molecular weight is 447 g/mol. The third kappa shape index (κ3) is 5.13. The summed E-state index contributed by atoms with van der Waals surface area (Å²) in [7, 11) is 2.23. The minimum atomic E-state index is -1.84. The van der Waals surface area contributed by atoms with Gasteiger partial charge in [0.1, 0.15) is 18.5 Å². The number of likely N-dealkylation sites (tertiary alicyclic amines) is 1. The number of aromatic nitrogens is 2. The molecule has 1 aliphatic heterocycles. The lowest BCUT2D eigenvalue weighted by Crippen LogP contribution is -2.51. The molecule has 1 fully saturated rings. The Labute approximate surface area is 195 Å². The molecule has 0 saturated carbocycles. The van der Waals surface area contributed by atoms with Crippen molar-refractivity contribution in [2.75, 3.05) is 26.7 Å². The van der Waals surface area contributed by atoms with Crippen molar-refractivity contribution in [2.45, 2.75) is 37.3 Å². The van der Waals surface area contributed by atoms with Gasteiger partial charge in [-0.15, -0.1) is 0 Å². The first-order valence-electron chi connectivity index (χ1n) is 11.6. The van der Waals surface area contributed by atoms with Gasteiger partial charge >= 0.3 is 5.97 Å². The Morgan fingerprint density at radius 1 is 1.03 bits per heavy atom. The van der Waals surface area contributed by atoms with Crippen molar-refractivity contribution in [1.29, 1.82) is 0 Å². The van der Waals surface area contributed by atoms with Gasteiger partial charge in [-0.1, -0.05) is 60.7 Å². The normalized spacial score (nSPS) is 20.5. The third-order valence-corrected chi connectivity index (χ3v) is 6.86. The predicted octanol–water partition coefficient (Wildman–Crippen LogP) is 3.50. The summed E-state index contributed by atoms with van der Waals surface area (Å²) in [5, 5.41) is 11.6. The number of carbonyl (C=O) groups is 1. The van der Waals surface area contributed by atoms with E-state index in [-0.39, 0.29) is 6.04 Å².